The Kier molecular flexibility index (Phi) is 5.02. The van der Waals surface area contributed by atoms with Crippen molar-refractivity contribution >= 4 is 22.8 Å². The van der Waals surface area contributed by atoms with Gasteiger partial charge in [0.15, 0.2) is 6.10 Å². The fourth-order valence-electron chi connectivity index (χ4n) is 3.52. The SMILES string of the molecule is C[C@@H]1CCC[C@H](C)N1C(=O)[C@@H](C)OC(=O)c1ccc2ccccc2n1. The molecule has 3 atom stereocenters. The molecule has 5 heteroatoms. The number of aromatic nitrogens is 1. The number of piperidine rings is 1. The number of fused-ring (bicyclic) bond motifs is 1. The fraction of sp³-hybridized carbons (Fsp3) is 0.450. The number of carbonyl (C=O) groups is 2. The van der Waals surface area contributed by atoms with Gasteiger partial charge in [0.1, 0.15) is 5.69 Å². The van der Waals surface area contributed by atoms with Crippen LogP contribution >= 0.6 is 0 Å². The number of para-hydroxylation sites is 1. The molecule has 1 aliphatic heterocycles. The fourth-order valence-corrected chi connectivity index (χ4v) is 3.52. The molecule has 1 saturated heterocycles. The van der Waals surface area contributed by atoms with E-state index < -0.39 is 12.1 Å². The molecule has 0 spiro atoms. The molecule has 1 aliphatic rings. The number of rotatable bonds is 3. The van der Waals surface area contributed by atoms with Crippen LogP contribution in [-0.2, 0) is 9.53 Å². The van der Waals surface area contributed by atoms with Crippen LogP contribution in [0.25, 0.3) is 10.9 Å². The van der Waals surface area contributed by atoms with Crippen molar-refractivity contribution in [2.75, 3.05) is 0 Å². The Hall–Kier alpha value is -2.43. The van der Waals surface area contributed by atoms with Gasteiger partial charge in [0.2, 0.25) is 0 Å². The molecule has 0 aliphatic carbocycles. The Morgan fingerprint density at radius 3 is 2.52 bits per heavy atom. The topological polar surface area (TPSA) is 59.5 Å². The Bertz CT molecular complexity index is 779. The van der Waals surface area contributed by atoms with Crippen LogP contribution < -0.4 is 0 Å². The lowest BCUT2D eigenvalue weighted by Gasteiger charge is -2.40. The highest BCUT2D eigenvalue weighted by atomic mass is 16.5. The monoisotopic (exact) mass is 340 g/mol. The van der Waals surface area contributed by atoms with Gasteiger partial charge in [-0.25, -0.2) is 9.78 Å². The quantitative estimate of drug-likeness (QED) is 0.802. The summed E-state index contributed by atoms with van der Waals surface area (Å²) in [6.45, 7) is 5.73. The average Bonchev–Trinajstić information content (AvgIpc) is 2.60. The van der Waals surface area contributed by atoms with Crippen molar-refractivity contribution in [3.63, 3.8) is 0 Å². The van der Waals surface area contributed by atoms with Crippen molar-refractivity contribution in [1.29, 1.82) is 0 Å². The van der Waals surface area contributed by atoms with Gasteiger partial charge in [-0.15, -0.1) is 0 Å². The van der Waals surface area contributed by atoms with Crippen LogP contribution in [0.3, 0.4) is 0 Å². The summed E-state index contributed by atoms with van der Waals surface area (Å²) in [7, 11) is 0. The molecule has 0 saturated carbocycles. The highest BCUT2D eigenvalue weighted by molar-refractivity contribution is 5.93. The zero-order valence-electron chi connectivity index (χ0n) is 14.9. The maximum absolute atomic E-state index is 12.7. The first-order valence-corrected chi connectivity index (χ1v) is 8.86. The van der Waals surface area contributed by atoms with Crippen molar-refractivity contribution in [2.45, 2.75) is 58.2 Å². The summed E-state index contributed by atoms with van der Waals surface area (Å²) in [6.07, 6.45) is 2.29. The summed E-state index contributed by atoms with van der Waals surface area (Å²) in [5.41, 5.74) is 0.951. The van der Waals surface area contributed by atoms with Gasteiger partial charge in [0, 0.05) is 17.5 Å². The van der Waals surface area contributed by atoms with Gasteiger partial charge < -0.3 is 9.64 Å². The predicted octanol–water partition coefficient (Wildman–Crippen LogP) is 3.57. The highest BCUT2D eigenvalue weighted by Crippen LogP contribution is 2.24. The minimum atomic E-state index is -0.816. The molecule has 1 amide bonds. The number of likely N-dealkylation sites (tertiary alicyclic amines) is 1. The lowest BCUT2D eigenvalue weighted by molar-refractivity contribution is -0.146. The van der Waals surface area contributed by atoms with Crippen molar-refractivity contribution in [3.05, 3.63) is 42.1 Å². The second-order valence-corrected chi connectivity index (χ2v) is 6.81. The van der Waals surface area contributed by atoms with E-state index in [0.717, 1.165) is 30.2 Å². The van der Waals surface area contributed by atoms with Crippen LogP contribution in [0.2, 0.25) is 0 Å². The molecule has 132 valence electrons. The molecule has 3 rings (SSSR count). The van der Waals surface area contributed by atoms with Crippen LogP contribution in [0.15, 0.2) is 36.4 Å². The number of carbonyl (C=O) groups excluding carboxylic acids is 2. The van der Waals surface area contributed by atoms with Gasteiger partial charge in [0.05, 0.1) is 5.52 Å². The summed E-state index contributed by atoms with van der Waals surface area (Å²) in [4.78, 5) is 31.3. The molecule has 0 bridgehead atoms. The molecule has 1 aromatic heterocycles. The lowest BCUT2D eigenvalue weighted by Crippen LogP contribution is -2.51. The first-order chi connectivity index (χ1) is 12.0. The number of benzene rings is 1. The number of nitrogens with zero attached hydrogens (tertiary/aromatic N) is 2. The van der Waals surface area contributed by atoms with Crippen molar-refractivity contribution in [1.82, 2.24) is 9.88 Å². The third-order valence-corrected chi connectivity index (χ3v) is 4.89. The number of amides is 1. The minimum absolute atomic E-state index is 0.131. The summed E-state index contributed by atoms with van der Waals surface area (Å²) in [6, 6.07) is 11.4. The van der Waals surface area contributed by atoms with E-state index in [9.17, 15) is 9.59 Å². The van der Waals surface area contributed by atoms with Gasteiger partial charge >= 0.3 is 5.97 Å². The van der Waals surface area contributed by atoms with Crippen molar-refractivity contribution in [2.24, 2.45) is 0 Å². The summed E-state index contributed by atoms with van der Waals surface area (Å²) in [5, 5.41) is 0.958. The molecule has 2 aromatic rings. The van der Waals surface area contributed by atoms with Gasteiger partial charge in [0.25, 0.3) is 5.91 Å². The van der Waals surface area contributed by atoms with Gasteiger partial charge in [-0.05, 0) is 52.2 Å². The molecule has 5 nitrogen and oxygen atoms in total. The number of pyridine rings is 1. The normalized spacial score (nSPS) is 21.8. The predicted molar refractivity (Wildman–Crippen MR) is 96.2 cm³/mol. The molecule has 0 unspecified atom stereocenters. The van der Waals surface area contributed by atoms with Crippen LogP contribution in [-0.4, -0.2) is 39.9 Å². The van der Waals surface area contributed by atoms with Gasteiger partial charge in [-0.1, -0.05) is 24.3 Å². The van der Waals surface area contributed by atoms with E-state index in [1.165, 1.54) is 0 Å². The molecule has 0 N–H and O–H groups in total. The Morgan fingerprint density at radius 2 is 1.80 bits per heavy atom. The molecular weight excluding hydrogens is 316 g/mol. The number of hydrogen-bond donors (Lipinski definition) is 0. The Labute approximate surface area is 148 Å². The molecule has 0 radical (unpaired) electrons. The zero-order chi connectivity index (χ0) is 18.0. The number of hydrogen-bond acceptors (Lipinski definition) is 4. The summed E-state index contributed by atoms with van der Waals surface area (Å²) >= 11 is 0. The van der Waals surface area contributed by atoms with E-state index in [0.29, 0.717) is 0 Å². The van der Waals surface area contributed by atoms with Gasteiger partial charge in [-0.3, -0.25) is 4.79 Å². The molecule has 2 heterocycles. The smallest absolute Gasteiger partial charge is 0.357 e. The van der Waals surface area contributed by atoms with E-state index in [1.54, 1.807) is 13.0 Å². The molecule has 1 aromatic carbocycles. The first-order valence-electron chi connectivity index (χ1n) is 8.86. The number of ether oxygens (including phenoxy) is 1. The zero-order valence-corrected chi connectivity index (χ0v) is 14.9. The van der Waals surface area contributed by atoms with Crippen LogP contribution in [0.1, 0.15) is 50.5 Å². The van der Waals surface area contributed by atoms with Crippen LogP contribution in [0.4, 0.5) is 0 Å². The third kappa shape index (κ3) is 3.65. The Balaban J connectivity index is 1.71. The third-order valence-electron chi connectivity index (χ3n) is 4.89. The maximum atomic E-state index is 12.7. The van der Waals surface area contributed by atoms with Crippen LogP contribution in [0.5, 0.6) is 0 Å². The largest absolute Gasteiger partial charge is 0.448 e. The second-order valence-electron chi connectivity index (χ2n) is 6.81. The van der Waals surface area contributed by atoms with Crippen molar-refractivity contribution < 1.29 is 14.3 Å². The van der Waals surface area contributed by atoms with E-state index >= 15 is 0 Å². The average molecular weight is 340 g/mol. The maximum Gasteiger partial charge on any atom is 0.357 e. The van der Waals surface area contributed by atoms with E-state index in [2.05, 4.69) is 4.98 Å². The van der Waals surface area contributed by atoms with E-state index in [1.807, 2.05) is 49.1 Å². The lowest BCUT2D eigenvalue weighted by atomic mass is 9.97. The van der Waals surface area contributed by atoms with Crippen molar-refractivity contribution in [3.8, 4) is 0 Å². The minimum Gasteiger partial charge on any atom is -0.448 e. The standard InChI is InChI=1S/C20H24N2O3/c1-13-7-6-8-14(2)22(13)19(23)15(3)25-20(24)18-12-11-16-9-4-5-10-17(16)21-18/h4-5,9-15H,6-8H2,1-3H3/t13-,14+,15-/m1/s1. The molecular formula is C20H24N2O3. The van der Waals surface area contributed by atoms with Crippen LogP contribution in [0, 0.1) is 0 Å². The molecule has 25 heavy (non-hydrogen) atoms. The van der Waals surface area contributed by atoms with Gasteiger partial charge in [-0.2, -0.15) is 0 Å². The van der Waals surface area contributed by atoms with E-state index in [-0.39, 0.29) is 23.7 Å². The number of esters is 1. The first kappa shape index (κ1) is 17.4. The summed E-state index contributed by atoms with van der Waals surface area (Å²) in [5.74, 6) is -0.697. The Morgan fingerprint density at radius 1 is 1.12 bits per heavy atom. The second kappa shape index (κ2) is 7.21. The molecule has 1 fully saturated rings. The highest BCUT2D eigenvalue weighted by Gasteiger charge is 2.33. The van der Waals surface area contributed by atoms with E-state index in [4.69, 9.17) is 4.74 Å². The summed E-state index contributed by atoms with van der Waals surface area (Å²) < 4.78 is 5.40.